The average Bonchev–Trinajstić information content (AvgIpc) is 2.51. The van der Waals surface area contributed by atoms with E-state index >= 15 is 0 Å². The summed E-state index contributed by atoms with van der Waals surface area (Å²) in [5, 5.41) is 0. The van der Waals surface area contributed by atoms with Gasteiger partial charge >= 0.3 is 0 Å². The number of aromatic nitrogens is 1. The van der Waals surface area contributed by atoms with Crippen LogP contribution in [0.2, 0.25) is 0 Å². The van der Waals surface area contributed by atoms with Gasteiger partial charge < -0.3 is 5.73 Å². The molecule has 0 atom stereocenters. The number of pyridine rings is 1. The zero-order valence-corrected chi connectivity index (χ0v) is 13.0. The predicted molar refractivity (Wildman–Crippen MR) is 91.1 cm³/mol. The van der Waals surface area contributed by atoms with Crippen molar-refractivity contribution in [1.82, 2.24) is 4.98 Å². The zero-order valence-electron chi connectivity index (χ0n) is 13.0. The number of hydrogen-bond acceptors (Lipinski definition) is 2. The Labute approximate surface area is 127 Å². The van der Waals surface area contributed by atoms with Crippen LogP contribution in [0, 0.1) is 6.92 Å². The molecule has 1 aromatic heterocycles. The first kappa shape index (κ1) is 15.0. The zero-order chi connectivity index (χ0) is 15.4. The summed E-state index contributed by atoms with van der Waals surface area (Å²) < 4.78 is 0. The first-order chi connectivity index (χ1) is 10.1. The summed E-state index contributed by atoms with van der Waals surface area (Å²) in [6, 6.07) is 10.1. The minimum atomic E-state index is 0.770. The molecule has 1 aromatic carbocycles. The van der Waals surface area contributed by atoms with Gasteiger partial charge in [-0.25, -0.2) is 0 Å². The summed E-state index contributed by atoms with van der Waals surface area (Å²) in [5.74, 6) is 0. The lowest BCUT2D eigenvalue weighted by Crippen LogP contribution is -2.01. The van der Waals surface area contributed by atoms with Crippen molar-refractivity contribution >= 4 is 11.3 Å². The monoisotopic (exact) mass is 278 g/mol. The molecule has 2 aromatic rings. The molecule has 21 heavy (non-hydrogen) atoms. The molecule has 0 amide bonds. The molecule has 108 valence electrons. The van der Waals surface area contributed by atoms with Gasteiger partial charge in [-0.1, -0.05) is 31.7 Å². The molecule has 2 heteroatoms. The van der Waals surface area contributed by atoms with Crippen LogP contribution in [0.25, 0.3) is 5.57 Å². The van der Waals surface area contributed by atoms with Crippen molar-refractivity contribution in [3.8, 4) is 0 Å². The highest BCUT2D eigenvalue weighted by Gasteiger charge is 2.14. The van der Waals surface area contributed by atoms with Crippen molar-refractivity contribution in [2.45, 2.75) is 27.2 Å². The fraction of sp³-hybridized carbons (Fsp3) is 0.211. The first-order valence-electron chi connectivity index (χ1n) is 7.22. The Morgan fingerprint density at radius 1 is 1.29 bits per heavy atom. The Bertz CT molecular complexity index is 696. The third kappa shape index (κ3) is 3.05. The lowest BCUT2D eigenvalue weighted by Gasteiger charge is -2.17. The van der Waals surface area contributed by atoms with Crippen LogP contribution in [-0.2, 0) is 6.42 Å². The number of hydrogen-bond donors (Lipinski definition) is 1. The highest BCUT2D eigenvalue weighted by Crippen LogP contribution is 2.32. The molecule has 0 saturated carbocycles. The number of nitrogen functional groups attached to an aromatic ring is 1. The normalized spacial score (nSPS) is 12.0. The fourth-order valence-corrected chi connectivity index (χ4v) is 2.53. The topological polar surface area (TPSA) is 38.9 Å². The maximum Gasteiger partial charge on any atom is 0.0479 e. The highest BCUT2D eigenvalue weighted by molar-refractivity contribution is 5.86. The van der Waals surface area contributed by atoms with E-state index in [4.69, 9.17) is 5.73 Å². The molecule has 0 saturated heterocycles. The molecule has 0 fully saturated rings. The predicted octanol–water partition coefficient (Wildman–Crippen LogP) is 4.54. The molecule has 1 heterocycles. The van der Waals surface area contributed by atoms with Crippen molar-refractivity contribution in [2.24, 2.45) is 0 Å². The third-order valence-electron chi connectivity index (χ3n) is 3.73. The summed E-state index contributed by atoms with van der Waals surface area (Å²) in [6.45, 7) is 10.2. The molecule has 0 unspecified atom stereocenters. The third-order valence-corrected chi connectivity index (χ3v) is 3.73. The summed E-state index contributed by atoms with van der Waals surface area (Å²) in [5.41, 5.74) is 13.7. The van der Waals surface area contributed by atoms with Crippen LogP contribution in [0.3, 0.4) is 0 Å². The molecule has 0 aliphatic rings. The van der Waals surface area contributed by atoms with Crippen molar-refractivity contribution in [1.29, 1.82) is 0 Å². The van der Waals surface area contributed by atoms with Gasteiger partial charge in [-0.2, -0.15) is 0 Å². The van der Waals surface area contributed by atoms with E-state index in [1.54, 1.807) is 0 Å². The molecular formula is C19H22N2. The van der Waals surface area contributed by atoms with Gasteiger partial charge in [0.2, 0.25) is 0 Å². The lowest BCUT2D eigenvalue weighted by molar-refractivity contribution is 1.02. The van der Waals surface area contributed by atoms with Gasteiger partial charge in [0.15, 0.2) is 0 Å². The van der Waals surface area contributed by atoms with Crippen LogP contribution in [0.4, 0.5) is 5.69 Å². The van der Waals surface area contributed by atoms with Crippen LogP contribution >= 0.6 is 0 Å². The van der Waals surface area contributed by atoms with Crippen LogP contribution in [-0.4, -0.2) is 4.98 Å². The molecule has 2 nitrogen and oxygen atoms in total. The molecule has 2 rings (SSSR count). The van der Waals surface area contributed by atoms with Gasteiger partial charge in [-0.3, -0.25) is 4.98 Å². The van der Waals surface area contributed by atoms with Gasteiger partial charge in [-0.05, 0) is 60.7 Å². The standard InChI is InChI=1S/C19H22N2/c1-5-13(3)19(16-8-7-11-21-18(16)6-2)17-12-15(20)10-9-14(17)4/h5,7-12H,1,6,20H2,2-4H3/b19-13+. The number of nitrogens with zero attached hydrogens (tertiary/aromatic N) is 1. The quantitative estimate of drug-likeness (QED) is 0.658. The number of allylic oxidation sites excluding steroid dienone is 2. The van der Waals surface area contributed by atoms with Crippen LogP contribution in [0.15, 0.2) is 54.8 Å². The largest absolute Gasteiger partial charge is 0.399 e. The molecule has 0 aliphatic carbocycles. The van der Waals surface area contributed by atoms with Crippen molar-refractivity contribution in [3.05, 3.63) is 77.1 Å². The van der Waals surface area contributed by atoms with Crippen molar-refractivity contribution < 1.29 is 0 Å². The summed E-state index contributed by atoms with van der Waals surface area (Å²) in [4.78, 5) is 4.51. The molecule has 2 N–H and O–H groups in total. The maximum atomic E-state index is 5.99. The van der Waals surface area contributed by atoms with Gasteiger partial charge in [0.1, 0.15) is 0 Å². The number of rotatable bonds is 4. The van der Waals surface area contributed by atoms with Crippen LogP contribution in [0.5, 0.6) is 0 Å². The van der Waals surface area contributed by atoms with E-state index < -0.39 is 0 Å². The van der Waals surface area contributed by atoms with E-state index in [9.17, 15) is 0 Å². The minimum Gasteiger partial charge on any atom is -0.399 e. The maximum absolute atomic E-state index is 5.99. The van der Waals surface area contributed by atoms with Crippen molar-refractivity contribution in [2.75, 3.05) is 5.73 Å². The summed E-state index contributed by atoms with van der Waals surface area (Å²) >= 11 is 0. The molecule has 0 radical (unpaired) electrons. The van der Waals surface area contributed by atoms with E-state index in [0.29, 0.717) is 0 Å². The number of anilines is 1. The summed E-state index contributed by atoms with van der Waals surface area (Å²) in [6.07, 6.45) is 4.63. The molecule has 0 aliphatic heterocycles. The number of nitrogens with two attached hydrogens (primary N) is 1. The van der Waals surface area contributed by atoms with Crippen LogP contribution < -0.4 is 5.73 Å². The minimum absolute atomic E-state index is 0.770. The Kier molecular flexibility index (Phi) is 4.59. The molecule has 0 bridgehead atoms. The Balaban J connectivity index is 2.77. The summed E-state index contributed by atoms with van der Waals surface area (Å²) in [7, 11) is 0. The van der Waals surface area contributed by atoms with Crippen molar-refractivity contribution in [3.63, 3.8) is 0 Å². The first-order valence-corrected chi connectivity index (χ1v) is 7.22. The Hall–Kier alpha value is -2.35. The second-order valence-corrected chi connectivity index (χ2v) is 5.19. The fourth-order valence-electron chi connectivity index (χ4n) is 2.53. The second kappa shape index (κ2) is 6.40. The highest BCUT2D eigenvalue weighted by atomic mass is 14.7. The average molecular weight is 278 g/mol. The van der Waals surface area contributed by atoms with Gasteiger partial charge in [0.25, 0.3) is 0 Å². The van der Waals surface area contributed by atoms with Gasteiger partial charge in [0, 0.05) is 23.1 Å². The van der Waals surface area contributed by atoms with E-state index in [1.165, 1.54) is 11.1 Å². The van der Waals surface area contributed by atoms with Gasteiger partial charge in [-0.15, -0.1) is 0 Å². The van der Waals surface area contributed by atoms with E-state index in [2.05, 4.69) is 44.5 Å². The molecular weight excluding hydrogens is 256 g/mol. The second-order valence-electron chi connectivity index (χ2n) is 5.19. The van der Waals surface area contributed by atoms with E-state index in [0.717, 1.165) is 34.5 Å². The van der Waals surface area contributed by atoms with E-state index in [-0.39, 0.29) is 0 Å². The van der Waals surface area contributed by atoms with E-state index in [1.807, 2.05) is 30.5 Å². The number of aryl methyl sites for hydroxylation is 2. The SMILES string of the molecule is C=C/C(C)=C(/c1cc(N)ccc1C)c1cccnc1CC. The Morgan fingerprint density at radius 2 is 2.05 bits per heavy atom. The van der Waals surface area contributed by atoms with Crippen LogP contribution in [0.1, 0.15) is 36.2 Å². The van der Waals surface area contributed by atoms with Gasteiger partial charge in [0.05, 0.1) is 0 Å². The number of benzene rings is 1. The Morgan fingerprint density at radius 3 is 2.71 bits per heavy atom. The smallest absolute Gasteiger partial charge is 0.0479 e. The lowest BCUT2D eigenvalue weighted by atomic mass is 9.89. The molecule has 0 spiro atoms.